The molecule has 6 heteroatoms. The van der Waals surface area contributed by atoms with E-state index in [2.05, 4.69) is 10.6 Å². The maximum Gasteiger partial charge on any atom is 0.253 e. The highest BCUT2D eigenvalue weighted by molar-refractivity contribution is 6.30. The van der Waals surface area contributed by atoms with E-state index in [0.29, 0.717) is 29.6 Å². The topological polar surface area (TPSA) is 61.4 Å². The van der Waals surface area contributed by atoms with Gasteiger partial charge in [0.25, 0.3) is 5.91 Å². The Labute approximate surface area is 147 Å². The smallest absolute Gasteiger partial charge is 0.253 e. The Hall–Kier alpha value is -1.59. The van der Waals surface area contributed by atoms with E-state index >= 15 is 0 Å². The summed E-state index contributed by atoms with van der Waals surface area (Å²) in [7, 11) is 0. The van der Waals surface area contributed by atoms with Crippen LogP contribution in [-0.2, 0) is 4.79 Å². The predicted molar refractivity (Wildman–Crippen MR) is 94.1 cm³/mol. The molecule has 2 saturated heterocycles. The first-order valence-corrected chi connectivity index (χ1v) is 9.07. The van der Waals surface area contributed by atoms with Crippen LogP contribution in [0.15, 0.2) is 24.3 Å². The maximum atomic E-state index is 12.6. The zero-order valence-electron chi connectivity index (χ0n) is 13.8. The fraction of sp³-hybridized carbons (Fsp3) is 0.556. The summed E-state index contributed by atoms with van der Waals surface area (Å²) in [5.41, 5.74) is 0.627. The molecule has 5 nitrogen and oxygen atoms in total. The van der Waals surface area contributed by atoms with Gasteiger partial charge in [-0.1, -0.05) is 17.7 Å². The molecule has 0 radical (unpaired) electrons. The molecule has 24 heavy (non-hydrogen) atoms. The number of nitrogens with zero attached hydrogens (tertiary/aromatic N) is 1. The Morgan fingerprint density at radius 2 is 2.17 bits per heavy atom. The molecule has 0 unspecified atom stereocenters. The van der Waals surface area contributed by atoms with Crippen LogP contribution in [0.25, 0.3) is 0 Å². The van der Waals surface area contributed by atoms with Gasteiger partial charge in [0, 0.05) is 30.2 Å². The van der Waals surface area contributed by atoms with E-state index in [9.17, 15) is 9.59 Å². The van der Waals surface area contributed by atoms with E-state index in [1.165, 1.54) is 0 Å². The average Bonchev–Trinajstić information content (AvgIpc) is 3.14. The molecule has 130 valence electrons. The highest BCUT2D eigenvalue weighted by Gasteiger charge is 2.26. The van der Waals surface area contributed by atoms with Crippen molar-refractivity contribution in [3.05, 3.63) is 34.9 Å². The first-order chi connectivity index (χ1) is 11.6. The predicted octanol–water partition coefficient (Wildman–Crippen LogP) is 2.06. The van der Waals surface area contributed by atoms with Crippen molar-refractivity contribution in [1.82, 2.24) is 15.5 Å². The number of hydrogen-bond donors (Lipinski definition) is 2. The molecule has 1 aromatic rings. The zero-order chi connectivity index (χ0) is 16.9. The Morgan fingerprint density at radius 1 is 1.29 bits per heavy atom. The number of carbonyl (C=O) groups is 2. The summed E-state index contributed by atoms with van der Waals surface area (Å²) in [6.07, 6.45) is 3.98. The minimum Gasteiger partial charge on any atom is -0.354 e. The average molecular weight is 350 g/mol. The number of halogens is 1. The number of likely N-dealkylation sites (tertiary alicyclic amines) is 1. The van der Waals surface area contributed by atoms with Gasteiger partial charge in [0.05, 0.1) is 6.04 Å². The van der Waals surface area contributed by atoms with Crippen molar-refractivity contribution in [2.75, 3.05) is 26.2 Å². The van der Waals surface area contributed by atoms with Crippen LogP contribution in [0.1, 0.15) is 36.0 Å². The molecule has 2 aliphatic heterocycles. The van der Waals surface area contributed by atoms with Gasteiger partial charge < -0.3 is 15.5 Å². The molecule has 2 heterocycles. The molecule has 0 saturated carbocycles. The normalized spacial score (nSPS) is 24.0. The summed E-state index contributed by atoms with van der Waals surface area (Å²) < 4.78 is 0. The van der Waals surface area contributed by atoms with Crippen LogP contribution in [0.4, 0.5) is 0 Å². The van der Waals surface area contributed by atoms with Gasteiger partial charge in [0.2, 0.25) is 5.91 Å². The number of benzene rings is 1. The third kappa shape index (κ3) is 4.28. The van der Waals surface area contributed by atoms with Crippen LogP contribution in [0, 0.1) is 5.92 Å². The second-order valence-electron chi connectivity index (χ2n) is 6.66. The van der Waals surface area contributed by atoms with Crippen molar-refractivity contribution in [3.8, 4) is 0 Å². The third-order valence-electron chi connectivity index (χ3n) is 4.82. The fourth-order valence-corrected chi connectivity index (χ4v) is 3.69. The lowest BCUT2D eigenvalue weighted by molar-refractivity contribution is -0.123. The monoisotopic (exact) mass is 349 g/mol. The quantitative estimate of drug-likeness (QED) is 0.874. The summed E-state index contributed by atoms with van der Waals surface area (Å²) in [5.74, 6) is 0.420. The van der Waals surface area contributed by atoms with Gasteiger partial charge in [0.15, 0.2) is 0 Å². The summed E-state index contributed by atoms with van der Waals surface area (Å²) >= 11 is 5.98. The van der Waals surface area contributed by atoms with E-state index in [1.807, 2.05) is 4.90 Å². The number of carbonyl (C=O) groups excluding carboxylic acids is 2. The van der Waals surface area contributed by atoms with Gasteiger partial charge in [-0.2, -0.15) is 0 Å². The Balaban J connectivity index is 1.52. The molecule has 0 aliphatic carbocycles. The fourth-order valence-electron chi connectivity index (χ4n) is 3.50. The van der Waals surface area contributed by atoms with Gasteiger partial charge in [-0.3, -0.25) is 9.59 Å². The lowest BCUT2D eigenvalue weighted by Gasteiger charge is -2.33. The van der Waals surface area contributed by atoms with Crippen molar-refractivity contribution in [2.24, 2.45) is 5.92 Å². The van der Waals surface area contributed by atoms with E-state index in [-0.39, 0.29) is 17.9 Å². The largest absolute Gasteiger partial charge is 0.354 e. The molecular weight excluding hydrogens is 326 g/mol. The van der Waals surface area contributed by atoms with Crippen LogP contribution in [0.5, 0.6) is 0 Å². The summed E-state index contributed by atoms with van der Waals surface area (Å²) in [5, 5.41) is 6.83. The molecule has 2 amide bonds. The molecule has 2 N–H and O–H groups in total. The molecule has 2 aliphatic rings. The molecule has 1 aromatic carbocycles. The second-order valence-corrected chi connectivity index (χ2v) is 7.10. The van der Waals surface area contributed by atoms with Crippen molar-refractivity contribution in [1.29, 1.82) is 0 Å². The number of hydrogen-bond acceptors (Lipinski definition) is 3. The maximum absolute atomic E-state index is 12.6. The Morgan fingerprint density at radius 3 is 2.92 bits per heavy atom. The van der Waals surface area contributed by atoms with Crippen LogP contribution < -0.4 is 10.6 Å². The molecule has 2 fully saturated rings. The Bertz CT molecular complexity index is 602. The highest BCUT2D eigenvalue weighted by Crippen LogP contribution is 2.20. The zero-order valence-corrected chi connectivity index (χ0v) is 14.5. The molecule has 0 spiro atoms. The van der Waals surface area contributed by atoms with E-state index in [1.54, 1.807) is 24.3 Å². The summed E-state index contributed by atoms with van der Waals surface area (Å²) in [6.45, 7) is 3.00. The molecule has 3 rings (SSSR count). The van der Waals surface area contributed by atoms with E-state index in [4.69, 9.17) is 11.6 Å². The lowest BCUT2D eigenvalue weighted by atomic mass is 9.97. The first-order valence-electron chi connectivity index (χ1n) is 8.69. The second kappa shape index (κ2) is 7.99. The number of nitrogens with one attached hydrogen (secondary N) is 2. The third-order valence-corrected chi connectivity index (χ3v) is 5.05. The van der Waals surface area contributed by atoms with Crippen LogP contribution in [0.3, 0.4) is 0 Å². The summed E-state index contributed by atoms with van der Waals surface area (Å²) in [4.78, 5) is 26.6. The van der Waals surface area contributed by atoms with Gasteiger partial charge in [-0.25, -0.2) is 0 Å². The molecular formula is C18H24ClN3O2. The SMILES string of the molecule is O=C(NC[C@@H]1CCCN(C(=O)c2cccc(Cl)c2)C1)[C@@H]1CCCN1. The highest BCUT2D eigenvalue weighted by atomic mass is 35.5. The molecule has 0 bridgehead atoms. The summed E-state index contributed by atoms with van der Waals surface area (Å²) in [6, 6.07) is 7.03. The number of rotatable bonds is 4. The van der Waals surface area contributed by atoms with Gasteiger partial charge >= 0.3 is 0 Å². The number of piperidine rings is 1. The molecule has 2 atom stereocenters. The standard InChI is InChI=1S/C18H24ClN3O2/c19-15-6-1-5-14(10-15)18(24)22-9-3-4-13(12-22)11-21-17(23)16-7-2-8-20-16/h1,5-6,10,13,16,20H,2-4,7-9,11-12H2,(H,21,23)/t13-,16-/m0/s1. The van der Waals surface area contributed by atoms with Crippen molar-refractivity contribution in [3.63, 3.8) is 0 Å². The first kappa shape index (κ1) is 17.2. The Kier molecular flexibility index (Phi) is 5.74. The van der Waals surface area contributed by atoms with E-state index in [0.717, 1.165) is 38.8 Å². The van der Waals surface area contributed by atoms with E-state index < -0.39 is 0 Å². The minimum absolute atomic E-state index is 0.0194. The van der Waals surface area contributed by atoms with Gasteiger partial charge in [-0.05, 0) is 56.3 Å². The van der Waals surface area contributed by atoms with Crippen molar-refractivity contribution < 1.29 is 9.59 Å². The molecule has 0 aromatic heterocycles. The van der Waals surface area contributed by atoms with Crippen molar-refractivity contribution in [2.45, 2.75) is 31.7 Å². The minimum atomic E-state index is -0.0437. The van der Waals surface area contributed by atoms with Crippen LogP contribution in [-0.4, -0.2) is 48.9 Å². The number of amides is 2. The van der Waals surface area contributed by atoms with Crippen LogP contribution >= 0.6 is 11.6 Å². The lowest BCUT2D eigenvalue weighted by Crippen LogP contribution is -2.46. The van der Waals surface area contributed by atoms with Crippen LogP contribution in [0.2, 0.25) is 5.02 Å². The van der Waals surface area contributed by atoms with Crippen molar-refractivity contribution >= 4 is 23.4 Å². The van der Waals surface area contributed by atoms with Gasteiger partial charge in [0.1, 0.15) is 0 Å². The van der Waals surface area contributed by atoms with Gasteiger partial charge in [-0.15, -0.1) is 0 Å².